The molecule has 0 aliphatic carbocycles. The standard InChI is InChI=1S/C11H18N2O/c1-4-6-9(2)13-10(14)11(3)7-5-8-12-11/h1,9,12H,5-8H2,2-3H3,(H,13,14). The summed E-state index contributed by atoms with van der Waals surface area (Å²) < 4.78 is 0. The molecule has 0 aromatic heterocycles. The van der Waals surface area contributed by atoms with Crippen LogP contribution in [0.5, 0.6) is 0 Å². The average Bonchev–Trinajstić information content (AvgIpc) is 2.54. The first-order valence-electron chi connectivity index (χ1n) is 5.08. The van der Waals surface area contributed by atoms with Gasteiger partial charge in [-0.05, 0) is 33.2 Å². The van der Waals surface area contributed by atoms with Crippen LogP contribution in [0.1, 0.15) is 33.1 Å². The first-order valence-corrected chi connectivity index (χ1v) is 5.08. The molecule has 1 saturated heterocycles. The molecular formula is C11H18N2O. The summed E-state index contributed by atoms with van der Waals surface area (Å²) in [5.41, 5.74) is -0.386. The maximum Gasteiger partial charge on any atom is 0.240 e. The molecule has 1 aliphatic heterocycles. The summed E-state index contributed by atoms with van der Waals surface area (Å²) in [7, 11) is 0. The molecule has 1 fully saturated rings. The van der Waals surface area contributed by atoms with Crippen LogP contribution in [-0.2, 0) is 4.79 Å². The zero-order valence-electron chi connectivity index (χ0n) is 8.89. The lowest BCUT2D eigenvalue weighted by Crippen LogP contribution is -2.53. The first kappa shape index (κ1) is 11.1. The third kappa shape index (κ3) is 2.49. The van der Waals surface area contributed by atoms with E-state index in [0.717, 1.165) is 19.4 Å². The molecule has 3 nitrogen and oxygen atoms in total. The quantitative estimate of drug-likeness (QED) is 0.648. The van der Waals surface area contributed by atoms with Gasteiger partial charge >= 0.3 is 0 Å². The van der Waals surface area contributed by atoms with Crippen molar-refractivity contribution >= 4 is 5.91 Å². The highest BCUT2D eigenvalue weighted by Gasteiger charge is 2.36. The molecule has 2 atom stereocenters. The molecule has 3 heteroatoms. The molecule has 1 amide bonds. The summed E-state index contributed by atoms with van der Waals surface area (Å²) >= 11 is 0. The Bertz CT molecular complexity index is 249. The molecule has 0 spiro atoms. The fourth-order valence-electron chi connectivity index (χ4n) is 1.70. The second-order valence-electron chi connectivity index (χ2n) is 4.15. The largest absolute Gasteiger partial charge is 0.351 e. The number of amides is 1. The van der Waals surface area contributed by atoms with E-state index in [1.54, 1.807) is 0 Å². The molecule has 0 saturated carbocycles. The maximum absolute atomic E-state index is 11.8. The Kier molecular flexibility index (Phi) is 3.54. The van der Waals surface area contributed by atoms with Crippen LogP contribution >= 0.6 is 0 Å². The predicted molar refractivity (Wildman–Crippen MR) is 56.7 cm³/mol. The number of rotatable bonds is 3. The summed E-state index contributed by atoms with van der Waals surface area (Å²) in [6.45, 7) is 4.79. The van der Waals surface area contributed by atoms with Crippen molar-refractivity contribution < 1.29 is 4.79 Å². The number of hydrogen-bond donors (Lipinski definition) is 2. The smallest absolute Gasteiger partial charge is 0.240 e. The lowest BCUT2D eigenvalue weighted by molar-refractivity contribution is -0.127. The van der Waals surface area contributed by atoms with Gasteiger partial charge in [0.25, 0.3) is 0 Å². The van der Waals surface area contributed by atoms with E-state index in [-0.39, 0.29) is 17.5 Å². The summed E-state index contributed by atoms with van der Waals surface area (Å²) in [5.74, 6) is 2.61. The van der Waals surface area contributed by atoms with Crippen molar-refractivity contribution in [3.8, 4) is 12.3 Å². The highest BCUT2D eigenvalue weighted by molar-refractivity contribution is 5.86. The molecule has 1 rings (SSSR count). The van der Waals surface area contributed by atoms with Gasteiger partial charge in [0, 0.05) is 12.5 Å². The Morgan fingerprint density at radius 2 is 2.50 bits per heavy atom. The molecule has 78 valence electrons. The van der Waals surface area contributed by atoms with E-state index in [2.05, 4.69) is 16.6 Å². The van der Waals surface area contributed by atoms with E-state index in [1.807, 2.05) is 13.8 Å². The van der Waals surface area contributed by atoms with Crippen molar-refractivity contribution in [1.82, 2.24) is 10.6 Å². The van der Waals surface area contributed by atoms with Crippen LogP contribution in [0.15, 0.2) is 0 Å². The van der Waals surface area contributed by atoms with Crippen molar-refractivity contribution in [2.24, 2.45) is 0 Å². The van der Waals surface area contributed by atoms with Gasteiger partial charge in [-0.1, -0.05) is 0 Å². The van der Waals surface area contributed by atoms with E-state index < -0.39 is 0 Å². The van der Waals surface area contributed by atoms with Gasteiger partial charge in [-0.25, -0.2) is 0 Å². The van der Waals surface area contributed by atoms with Crippen molar-refractivity contribution in [3.63, 3.8) is 0 Å². The third-order valence-corrected chi connectivity index (χ3v) is 2.67. The van der Waals surface area contributed by atoms with Crippen LogP contribution in [0.4, 0.5) is 0 Å². The summed E-state index contributed by atoms with van der Waals surface area (Å²) in [4.78, 5) is 11.8. The number of carbonyl (C=O) groups is 1. The van der Waals surface area contributed by atoms with Crippen LogP contribution in [-0.4, -0.2) is 24.0 Å². The molecule has 2 N–H and O–H groups in total. The van der Waals surface area contributed by atoms with Crippen LogP contribution < -0.4 is 10.6 Å². The Morgan fingerprint density at radius 1 is 1.79 bits per heavy atom. The molecule has 0 radical (unpaired) electrons. The van der Waals surface area contributed by atoms with E-state index in [0.29, 0.717) is 6.42 Å². The van der Waals surface area contributed by atoms with Crippen LogP contribution in [0.25, 0.3) is 0 Å². The second kappa shape index (κ2) is 4.47. The van der Waals surface area contributed by atoms with E-state index in [9.17, 15) is 4.79 Å². The van der Waals surface area contributed by atoms with Crippen molar-refractivity contribution in [2.75, 3.05) is 6.54 Å². The fraction of sp³-hybridized carbons (Fsp3) is 0.727. The van der Waals surface area contributed by atoms with Crippen LogP contribution in [0.2, 0.25) is 0 Å². The van der Waals surface area contributed by atoms with Crippen molar-refractivity contribution in [1.29, 1.82) is 0 Å². The second-order valence-corrected chi connectivity index (χ2v) is 4.15. The van der Waals surface area contributed by atoms with E-state index in [4.69, 9.17) is 6.42 Å². The highest BCUT2D eigenvalue weighted by Crippen LogP contribution is 2.18. The van der Waals surface area contributed by atoms with Crippen LogP contribution in [0, 0.1) is 12.3 Å². The third-order valence-electron chi connectivity index (χ3n) is 2.67. The minimum absolute atomic E-state index is 0.0618. The normalized spacial score (nSPS) is 28.1. The Balaban J connectivity index is 2.45. The number of terminal acetylenes is 1. The van der Waals surface area contributed by atoms with Gasteiger partial charge in [-0.15, -0.1) is 12.3 Å². The lowest BCUT2D eigenvalue weighted by Gasteiger charge is -2.25. The molecule has 1 aliphatic rings. The van der Waals surface area contributed by atoms with Crippen molar-refractivity contribution in [2.45, 2.75) is 44.7 Å². The SMILES string of the molecule is C#CCC(C)NC(=O)C1(C)CCCN1. The van der Waals surface area contributed by atoms with E-state index in [1.165, 1.54) is 0 Å². The Hall–Kier alpha value is -1.01. The minimum atomic E-state index is -0.386. The molecule has 0 aromatic rings. The van der Waals surface area contributed by atoms with Crippen LogP contribution in [0.3, 0.4) is 0 Å². The van der Waals surface area contributed by atoms with Gasteiger partial charge in [-0.2, -0.15) is 0 Å². The predicted octanol–water partition coefficient (Wildman–Crippen LogP) is 0.656. The maximum atomic E-state index is 11.8. The molecule has 2 unspecified atom stereocenters. The summed E-state index contributed by atoms with van der Waals surface area (Å²) in [5, 5.41) is 6.14. The molecule has 0 aromatic carbocycles. The van der Waals surface area contributed by atoms with Gasteiger partial charge in [-0.3, -0.25) is 4.79 Å². The molecule has 1 heterocycles. The van der Waals surface area contributed by atoms with Gasteiger partial charge in [0.2, 0.25) is 5.91 Å². The summed E-state index contributed by atoms with van der Waals surface area (Å²) in [6, 6.07) is 0.0618. The number of hydrogen-bond acceptors (Lipinski definition) is 2. The number of nitrogens with one attached hydrogen (secondary N) is 2. The fourth-order valence-corrected chi connectivity index (χ4v) is 1.70. The van der Waals surface area contributed by atoms with Gasteiger partial charge < -0.3 is 10.6 Å². The zero-order valence-corrected chi connectivity index (χ0v) is 8.89. The van der Waals surface area contributed by atoms with Gasteiger partial charge in [0.15, 0.2) is 0 Å². The minimum Gasteiger partial charge on any atom is -0.351 e. The molecular weight excluding hydrogens is 176 g/mol. The zero-order chi connectivity index (χ0) is 10.6. The van der Waals surface area contributed by atoms with Crippen molar-refractivity contribution in [3.05, 3.63) is 0 Å². The van der Waals surface area contributed by atoms with Gasteiger partial charge in [0.05, 0.1) is 5.54 Å². The monoisotopic (exact) mass is 194 g/mol. The summed E-state index contributed by atoms with van der Waals surface area (Å²) in [6.07, 6.45) is 7.73. The Labute approximate surface area is 85.6 Å². The van der Waals surface area contributed by atoms with E-state index >= 15 is 0 Å². The molecule has 0 bridgehead atoms. The number of carbonyl (C=O) groups excluding carboxylic acids is 1. The first-order chi connectivity index (χ1) is 6.58. The topological polar surface area (TPSA) is 41.1 Å². The lowest BCUT2D eigenvalue weighted by atomic mass is 9.99. The highest BCUT2D eigenvalue weighted by atomic mass is 16.2. The Morgan fingerprint density at radius 3 is 3.00 bits per heavy atom. The van der Waals surface area contributed by atoms with Gasteiger partial charge in [0.1, 0.15) is 0 Å². The molecule has 14 heavy (non-hydrogen) atoms. The average molecular weight is 194 g/mol.